The Balaban J connectivity index is 0.00000361. The van der Waals surface area contributed by atoms with Gasteiger partial charge in [0.15, 0.2) is 0 Å². The van der Waals surface area contributed by atoms with Crippen molar-refractivity contribution >= 4 is 18.3 Å². The first-order valence-corrected chi connectivity index (χ1v) is 6.57. The van der Waals surface area contributed by atoms with Gasteiger partial charge in [-0.05, 0) is 5.92 Å². The lowest BCUT2D eigenvalue weighted by Gasteiger charge is -2.07. The monoisotopic (exact) mass is 304 g/mol. The lowest BCUT2D eigenvalue weighted by atomic mass is 10.1. The Morgan fingerprint density at radius 1 is 1.40 bits per heavy atom. The largest absolute Gasteiger partial charge is 0.383 e. The normalized spacial score (nSPS) is 10.4. The first-order chi connectivity index (χ1) is 9.06. The van der Waals surface area contributed by atoms with Crippen LogP contribution in [0, 0.1) is 0 Å². The summed E-state index contributed by atoms with van der Waals surface area (Å²) in [6, 6.07) is 0. The van der Waals surface area contributed by atoms with E-state index < -0.39 is 0 Å². The van der Waals surface area contributed by atoms with E-state index in [1.165, 1.54) is 0 Å². The first-order valence-electron chi connectivity index (χ1n) is 6.57. The molecule has 0 spiro atoms. The van der Waals surface area contributed by atoms with Crippen LogP contribution >= 0.6 is 12.4 Å². The maximum atomic E-state index is 12.1. The van der Waals surface area contributed by atoms with Gasteiger partial charge in [-0.1, -0.05) is 13.8 Å². The maximum absolute atomic E-state index is 12.1. The van der Waals surface area contributed by atoms with Crippen molar-refractivity contribution in [3.63, 3.8) is 0 Å². The molecule has 0 aromatic carbocycles. The number of aromatic nitrogens is 2. The fourth-order valence-corrected chi connectivity index (χ4v) is 1.77. The topological polar surface area (TPSA) is 68.2 Å². The highest BCUT2D eigenvalue weighted by Gasteiger charge is 2.17. The molecule has 0 saturated carbocycles. The lowest BCUT2D eigenvalue weighted by molar-refractivity contribution is 0.0952. The van der Waals surface area contributed by atoms with Gasteiger partial charge < -0.3 is 15.4 Å². The van der Waals surface area contributed by atoms with Crippen LogP contribution in [-0.2, 0) is 11.8 Å². The minimum atomic E-state index is -0.0645. The number of amides is 1. The van der Waals surface area contributed by atoms with Crippen molar-refractivity contribution < 1.29 is 9.53 Å². The van der Waals surface area contributed by atoms with Crippen molar-refractivity contribution in [2.24, 2.45) is 7.05 Å². The van der Waals surface area contributed by atoms with Crippen LogP contribution in [0.2, 0.25) is 0 Å². The van der Waals surface area contributed by atoms with Gasteiger partial charge in [0, 0.05) is 40.0 Å². The summed E-state index contributed by atoms with van der Waals surface area (Å²) in [7, 11) is 3.49. The SMILES string of the molecule is COCCNCCNC(=O)c1cn(C)nc1C(C)C.Cl. The molecule has 0 unspecified atom stereocenters. The van der Waals surface area contributed by atoms with Gasteiger partial charge in [-0.15, -0.1) is 12.4 Å². The average molecular weight is 305 g/mol. The van der Waals surface area contributed by atoms with Crippen LogP contribution in [0.25, 0.3) is 0 Å². The second-order valence-corrected chi connectivity index (χ2v) is 4.76. The van der Waals surface area contributed by atoms with Gasteiger partial charge >= 0.3 is 0 Å². The average Bonchev–Trinajstić information content (AvgIpc) is 2.76. The first kappa shape index (κ1) is 18.9. The Morgan fingerprint density at radius 3 is 2.70 bits per heavy atom. The number of hydrogen-bond donors (Lipinski definition) is 2. The van der Waals surface area contributed by atoms with Crippen molar-refractivity contribution in [1.82, 2.24) is 20.4 Å². The second kappa shape index (κ2) is 9.74. The molecular weight excluding hydrogens is 280 g/mol. The van der Waals surface area contributed by atoms with Crippen molar-refractivity contribution in [1.29, 1.82) is 0 Å². The van der Waals surface area contributed by atoms with E-state index in [2.05, 4.69) is 15.7 Å². The van der Waals surface area contributed by atoms with Gasteiger partial charge in [-0.3, -0.25) is 9.48 Å². The Hall–Kier alpha value is -1.11. The number of nitrogens with one attached hydrogen (secondary N) is 2. The van der Waals surface area contributed by atoms with E-state index in [1.807, 2.05) is 20.9 Å². The van der Waals surface area contributed by atoms with Crippen molar-refractivity contribution in [3.8, 4) is 0 Å². The van der Waals surface area contributed by atoms with Crippen LogP contribution in [0.4, 0.5) is 0 Å². The Kier molecular flexibility index (Phi) is 9.20. The van der Waals surface area contributed by atoms with E-state index in [0.29, 0.717) is 18.7 Å². The van der Waals surface area contributed by atoms with Gasteiger partial charge in [0.25, 0.3) is 5.91 Å². The highest BCUT2D eigenvalue weighted by molar-refractivity contribution is 5.95. The Bertz CT molecular complexity index is 407. The molecule has 0 radical (unpaired) electrons. The van der Waals surface area contributed by atoms with E-state index in [4.69, 9.17) is 4.74 Å². The summed E-state index contributed by atoms with van der Waals surface area (Å²) in [6.07, 6.45) is 1.77. The number of ether oxygens (including phenoxy) is 1. The van der Waals surface area contributed by atoms with Crippen molar-refractivity contribution in [2.45, 2.75) is 19.8 Å². The number of methoxy groups -OCH3 is 1. The minimum Gasteiger partial charge on any atom is -0.383 e. The molecule has 7 heteroatoms. The van der Waals surface area contributed by atoms with Gasteiger partial charge in [0.1, 0.15) is 0 Å². The molecule has 1 amide bonds. The summed E-state index contributed by atoms with van der Waals surface area (Å²) in [4.78, 5) is 12.1. The number of hydrogen-bond acceptors (Lipinski definition) is 4. The number of nitrogens with zero attached hydrogens (tertiary/aromatic N) is 2. The molecule has 6 nitrogen and oxygen atoms in total. The summed E-state index contributed by atoms with van der Waals surface area (Å²) in [5, 5.41) is 10.4. The van der Waals surface area contributed by atoms with Gasteiger partial charge in [0.2, 0.25) is 0 Å². The molecule has 0 bridgehead atoms. The van der Waals surface area contributed by atoms with Crippen LogP contribution in [0.1, 0.15) is 35.8 Å². The number of aryl methyl sites for hydroxylation is 1. The molecule has 20 heavy (non-hydrogen) atoms. The molecule has 1 rings (SSSR count). The molecule has 1 aromatic rings. The third-order valence-corrected chi connectivity index (χ3v) is 2.72. The van der Waals surface area contributed by atoms with E-state index >= 15 is 0 Å². The summed E-state index contributed by atoms with van der Waals surface area (Å²) < 4.78 is 6.60. The van der Waals surface area contributed by atoms with Gasteiger partial charge in [-0.25, -0.2) is 0 Å². The summed E-state index contributed by atoms with van der Waals surface area (Å²) in [5.74, 6) is 0.173. The molecular formula is C13H25ClN4O2. The number of carbonyl (C=O) groups excluding carboxylic acids is 1. The van der Waals surface area contributed by atoms with Crippen LogP contribution in [0.5, 0.6) is 0 Å². The van der Waals surface area contributed by atoms with Gasteiger partial charge in [0.05, 0.1) is 17.9 Å². The van der Waals surface area contributed by atoms with Gasteiger partial charge in [-0.2, -0.15) is 5.10 Å². The predicted molar refractivity (Wildman–Crippen MR) is 81.6 cm³/mol. The van der Waals surface area contributed by atoms with E-state index in [9.17, 15) is 4.79 Å². The fourth-order valence-electron chi connectivity index (χ4n) is 1.77. The molecule has 1 heterocycles. The van der Waals surface area contributed by atoms with Crippen molar-refractivity contribution in [3.05, 3.63) is 17.5 Å². The number of halogens is 1. The zero-order valence-corrected chi connectivity index (χ0v) is 13.4. The Morgan fingerprint density at radius 2 is 2.10 bits per heavy atom. The Labute approximate surface area is 126 Å². The quantitative estimate of drug-likeness (QED) is 0.701. The zero-order valence-electron chi connectivity index (χ0n) is 12.6. The van der Waals surface area contributed by atoms with Crippen LogP contribution in [0.15, 0.2) is 6.20 Å². The third kappa shape index (κ3) is 5.90. The predicted octanol–water partition coefficient (Wildman–Crippen LogP) is 0.931. The summed E-state index contributed by atoms with van der Waals surface area (Å²) in [5.41, 5.74) is 1.50. The van der Waals surface area contributed by atoms with E-state index in [-0.39, 0.29) is 24.2 Å². The van der Waals surface area contributed by atoms with E-state index in [0.717, 1.165) is 18.8 Å². The fraction of sp³-hybridized carbons (Fsp3) is 0.692. The summed E-state index contributed by atoms with van der Waals surface area (Å²) >= 11 is 0. The second-order valence-electron chi connectivity index (χ2n) is 4.76. The molecule has 0 aliphatic heterocycles. The molecule has 1 aromatic heterocycles. The molecule has 0 aliphatic rings. The number of carbonyl (C=O) groups is 1. The highest BCUT2D eigenvalue weighted by Crippen LogP contribution is 2.16. The van der Waals surface area contributed by atoms with Crippen LogP contribution < -0.4 is 10.6 Å². The van der Waals surface area contributed by atoms with Crippen LogP contribution in [-0.4, -0.2) is 49.0 Å². The smallest absolute Gasteiger partial charge is 0.254 e. The molecule has 0 atom stereocenters. The summed E-state index contributed by atoms with van der Waals surface area (Å²) in [6.45, 7) is 6.85. The number of rotatable bonds is 8. The standard InChI is InChI=1S/C13H24N4O2.ClH/c1-10(2)12-11(9-17(3)16-12)13(18)15-6-5-14-7-8-19-4;/h9-10,14H,5-8H2,1-4H3,(H,15,18);1H. The zero-order chi connectivity index (χ0) is 14.3. The molecule has 0 fully saturated rings. The minimum absolute atomic E-state index is 0. The lowest BCUT2D eigenvalue weighted by Crippen LogP contribution is -2.33. The van der Waals surface area contributed by atoms with Crippen molar-refractivity contribution in [2.75, 3.05) is 33.4 Å². The molecule has 0 aliphatic carbocycles. The molecule has 0 saturated heterocycles. The third-order valence-electron chi connectivity index (χ3n) is 2.72. The maximum Gasteiger partial charge on any atom is 0.254 e. The molecule has 2 N–H and O–H groups in total. The highest BCUT2D eigenvalue weighted by atomic mass is 35.5. The van der Waals surface area contributed by atoms with E-state index in [1.54, 1.807) is 18.0 Å². The molecule has 116 valence electrons. The van der Waals surface area contributed by atoms with Crippen LogP contribution in [0.3, 0.4) is 0 Å².